The first-order chi connectivity index (χ1) is 13.0. The number of oxazole rings is 1. The van der Waals surface area contributed by atoms with Gasteiger partial charge in [0.15, 0.2) is 5.89 Å². The van der Waals surface area contributed by atoms with E-state index in [1.165, 1.54) is 0 Å². The summed E-state index contributed by atoms with van der Waals surface area (Å²) in [6.45, 7) is 7.78. The Hall–Kier alpha value is -2.90. The maximum absolute atomic E-state index is 12.9. The van der Waals surface area contributed by atoms with Crippen LogP contribution in [0.2, 0.25) is 0 Å². The summed E-state index contributed by atoms with van der Waals surface area (Å²) in [6.07, 6.45) is 2.29. The molecule has 8 nitrogen and oxygen atoms in total. The van der Waals surface area contributed by atoms with E-state index in [1.54, 1.807) is 42.0 Å². The predicted octanol–water partition coefficient (Wildman–Crippen LogP) is 2.07. The zero-order chi connectivity index (χ0) is 19.4. The summed E-state index contributed by atoms with van der Waals surface area (Å²) in [7, 11) is 0. The summed E-state index contributed by atoms with van der Waals surface area (Å²) in [6, 6.07) is 3.44. The molecule has 0 aromatic carbocycles. The van der Waals surface area contributed by atoms with Gasteiger partial charge in [0.2, 0.25) is 11.6 Å². The molecule has 1 aliphatic heterocycles. The Morgan fingerprint density at radius 3 is 2.48 bits per heavy atom. The van der Waals surface area contributed by atoms with E-state index in [9.17, 15) is 9.59 Å². The van der Waals surface area contributed by atoms with Gasteiger partial charge in [0.1, 0.15) is 5.56 Å². The van der Waals surface area contributed by atoms with Crippen molar-refractivity contribution in [1.82, 2.24) is 19.8 Å². The molecule has 1 saturated heterocycles. The summed E-state index contributed by atoms with van der Waals surface area (Å²) in [5.74, 6) is 0.780. The molecule has 0 bridgehead atoms. The molecule has 2 aromatic rings. The first-order valence-corrected chi connectivity index (χ1v) is 9.11. The predicted molar refractivity (Wildman–Crippen MR) is 97.8 cm³/mol. The lowest BCUT2D eigenvalue weighted by molar-refractivity contribution is 0.0696. The van der Waals surface area contributed by atoms with Crippen molar-refractivity contribution in [3.05, 3.63) is 41.2 Å². The van der Waals surface area contributed by atoms with Crippen molar-refractivity contribution in [2.45, 2.75) is 27.2 Å². The second-order valence-corrected chi connectivity index (χ2v) is 6.37. The highest BCUT2D eigenvalue weighted by molar-refractivity contribution is 5.96. The molecule has 0 unspecified atom stereocenters. The van der Waals surface area contributed by atoms with Crippen LogP contribution in [0.15, 0.2) is 22.7 Å². The topological polar surface area (TPSA) is 88.8 Å². The van der Waals surface area contributed by atoms with Gasteiger partial charge >= 0.3 is 0 Å². The van der Waals surface area contributed by atoms with Crippen molar-refractivity contribution in [2.24, 2.45) is 0 Å². The van der Waals surface area contributed by atoms with Gasteiger partial charge < -0.3 is 19.0 Å². The van der Waals surface area contributed by atoms with Crippen LogP contribution in [0.4, 0.5) is 0 Å². The van der Waals surface area contributed by atoms with Gasteiger partial charge in [-0.15, -0.1) is 0 Å². The van der Waals surface area contributed by atoms with Crippen molar-refractivity contribution in [1.29, 1.82) is 0 Å². The van der Waals surface area contributed by atoms with Crippen LogP contribution in [-0.2, 0) is 0 Å². The number of amides is 2. The number of hydrogen-bond acceptors (Lipinski definition) is 6. The highest BCUT2D eigenvalue weighted by atomic mass is 16.5. The molecule has 1 aliphatic rings. The van der Waals surface area contributed by atoms with Crippen LogP contribution in [0.25, 0.3) is 0 Å². The summed E-state index contributed by atoms with van der Waals surface area (Å²) >= 11 is 0. The van der Waals surface area contributed by atoms with Gasteiger partial charge in [0.25, 0.3) is 11.8 Å². The Morgan fingerprint density at radius 2 is 1.85 bits per heavy atom. The SMILES string of the molecule is CCOc1ncccc1C(=O)N1CCCN(C(=O)c2oc(C)nc2C)CC1. The molecule has 0 N–H and O–H groups in total. The molecular formula is C19H24N4O4. The van der Waals surface area contributed by atoms with E-state index in [1.807, 2.05) is 6.92 Å². The number of carbonyl (C=O) groups excluding carboxylic acids is 2. The number of aromatic nitrogens is 2. The van der Waals surface area contributed by atoms with Gasteiger partial charge in [-0.25, -0.2) is 9.97 Å². The van der Waals surface area contributed by atoms with Gasteiger partial charge in [0.05, 0.1) is 12.3 Å². The van der Waals surface area contributed by atoms with E-state index in [-0.39, 0.29) is 17.6 Å². The average molecular weight is 372 g/mol. The molecular weight excluding hydrogens is 348 g/mol. The van der Waals surface area contributed by atoms with Gasteiger partial charge in [-0.1, -0.05) is 0 Å². The largest absolute Gasteiger partial charge is 0.477 e. The number of aryl methyl sites for hydroxylation is 2. The van der Waals surface area contributed by atoms with E-state index in [4.69, 9.17) is 9.15 Å². The molecule has 2 amide bonds. The maximum atomic E-state index is 12.9. The second kappa shape index (κ2) is 8.20. The molecule has 3 heterocycles. The van der Waals surface area contributed by atoms with Crippen molar-refractivity contribution in [2.75, 3.05) is 32.8 Å². The number of hydrogen-bond donors (Lipinski definition) is 0. The van der Waals surface area contributed by atoms with Gasteiger partial charge in [0, 0.05) is 39.3 Å². The molecule has 0 radical (unpaired) electrons. The number of ether oxygens (including phenoxy) is 1. The second-order valence-electron chi connectivity index (χ2n) is 6.37. The van der Waals surface area contributed by atoms with Crippen LogP contribution in [0.3, 0.4) is 0 Å². The minimum absolute atomic E-state index is 0.132. The molecule has 0 atom stereocenters. The molecule has 8 heteroatoms. The standard InChI is InChI=1S/C19H24N4O4/c1-4-26-17-15(7-5-8-20-17)18(24)22-9-6-10-23(12-11-22)19(25)16-13(2)21-14(3)27-16/h5,7-8H,4,6,9-12H2,1-3H3. The lowest BCUT2D eigenvalue weighted by atomic mass is 10.2. The number of pyridine rings is 1. The molecule has 2 aromatic heterocycles. The van der Waals surface area contributed by atoms with Crippen LogP contribution in [0.5, 0.6) is 5.88 Å². The quantitative estimate of drug-likeness (QED) is 0.816. The highest BCUT2D eigenvalue weighted by Crippen LogP contribution is 2.19. The number of nitrogens with zero attached hydrogens (tertiary/aromatic N) is 4. The smallest absolute Gasteiger partial charge is 0.291 e. The Morgan fingerprint density at radius 1 is 1.15 bits per heavy atom. The van der Waals surface area contributed by atoms with Gasteiger partial charge in [-0.2, -0.15) is 0 Å². The van der Waals surface area contributed by atoms with Crippen molar-refractivity contribution < 1.29 is 18.7 Å². The molecule has 144 valence electrons. The fourth-order valence-electron chi connectivity index (χ4n) is 3.17. The normalized spacial score (nSPS) is 14.8. The van der Waals surface area contributed by atoms with Gasteiger partial charge in [-0.3, -0.25) is 9.59 Å². The molecule has 0 saturated carbocycles. The zero-order valence-electron chi connectivity index (χ0n) is 15.9. The Labute approximate surface area is 158 Å². The maximum Gasteiger partial charge on any atom is 0.291 e. The number of carbonyl (C=O) groups is 2. The van der Waals surface area contributed by atoms with E-state index in [0.717, 1.165) is 0 Å². The third kappa shape index (κ3) is 4.10. The molecule has 3 rings (SSSR count). The van der Waals surface area contributed by atoms with Crippen molar-refractivity contribution in [3.8, 4) is 5.88 Å². The average Bonchev–Trinajstić information content (AvgIpc) is 2.86. The lowest BCUT2D eigenvalue weighted by Gasteiger charge is -2.22. The van der Waals surface area contributed by atoms with E-state index in [2.05, 4.69) is 9.97 Å². The first-order valence-electron chi connectivity index (χ1n) is 9.11. The third-order valence-corrected chi connectivity index (χ3v) is 4.45. The first kappa shape index (κ1) is 18.9. The fraction of sp³-hybridized carbons (Fsp3) is 0.474. The van der Waals surface area contributed by atoms with E-state index in [0.29, 0.717) is 62.2 Å². The van der Waals surface area contributed by atoms with Crippen molar-refractivity contribution >= 4 is 11.8 Å². The van der Waals surface area contributed by atoms with Crippen molar-refractivity contribution in [3.63, 3.8) is 0 Å². The third-order valence-electron chi connectivity index (χ3n) is 4.45. The van der Waals surface area contributed by atoms with E-state index >= 15 is 0 Å². The Balaban J connectivity index is 1.70. The lowest BCUT2D eigenvalue weighted by Crippen LogP contribution is -2.37. The Kier molecular flexibility index (Phi) is 5.73. The molecule has 0 spiro atoms. The molecule has 0 aliphatic carbocycles. The molecule has 27 heavy (non-hydrogen) atoms. The van der Waals surface area contributed by atoms with Crippen LogP contribution in [0, 0.1) is 13.8 Å². The van der Waals surface area contributed by atoms with Crippen LogP contribution < -0.4 is 4.74 Å². The summed E-state index contributed by atoms with van der Waals surface area (Å²) in [4.78, 5) is 37.4. The van der Waals surface area contributed by atoms with Crippen LogP contribution >= 0.6 is 0 Å². The minimum atomic E-state index is -0.182. The van der Waals surface area contributed by atoms with Crippen LogP contribution in [-0.4, -0.2) is 64.4 Å². The summed E-state index contributed by atoms with van der Waals surface area (Å²) < 4.78 is 10.9. The highest BCUT2D eigenvalue weighted by Gasteiger charge is 2.27. The minimum Gasteiger partial charge on any atom is -0.477 e. The monoisotopic (exact) mass is 372 g/mol. The molecule has 1 fully saturated rings. The summed E-state index contributed by atoms with van der Waals surface area (Å²) in [5.41, 5.74) is 1.03. The zero-order valence-corrected chi connectivity index (χ0v) is 15.9. The summed E-state index contributed by atoms with van der Waals surface area (Å²) in [5, 5.41) is 0. The number of rotatable bonds is 4. The van der Waals surface area contributed by atoms with E-state index < -0.39 is 0 Å². The van der Waals surface area contributed by atoms with Crippen LogP contribution in [0.1, 0.15) is 45.8 Å². The Bertz CT molecular complexity index is 833. The fourth-order valence-corrected chi connectivity index (χ4v) is 3.17. The van der Waals surface area contributed by atoms with Gasteiger partial charge in [-0.05, 0) is 32.4 Å².